The largest absolute Gasteiger partial charge is 0.462 e. The van der Waals surface area contributed by atoms with Crippen LogP contribution in [0.25, 0.3) is 0 Å². The lowest BCUT2D eigenvalue weighted by Gasteiger charge is -2.50. The number of hydrogen-bond acceptors (Lipinski definition) is 16. The standard InChI is InChI=1S/C43H74N2O14/c1-24-21-29(19-20-46)39(59-42-37(49)36(45(9)10)38(27(4)56-42)58-35-23-43(6,51)41(50)28(5)55-35)40(52-11)31(47)22-33(48)53-25(2)15-13-12-14-16-32(24)57-34-18-17-30(44(7)8)26(3)54-34/h12-14,16,20,24-32,34-42,47,49-51H,15,17-19,21-23H2,1-11H3/t24-,25-,26?,27?,28?,29+,30?,31-,32+,34?,35?,36?,37?,38?,39+,40+,41?,42?,43?/m1/s1/i7D3. The third-order valence-corrected chi connectivity index (χ3v) is 12.2. The van der Waals surface area contributed by atoms with Gasteiger partial charge in [0.15, 0.2) is 18.9 Å². The summed E-state index contributed by atoms with van der Waals surface area (Å²) in [5.74, 6) is -1.67. The minimum Gasteiger partial charge on any atom is -0.462 e. The molecule has 0 aromatic rings. The number of carbonyl (C=O) groups excluding carboxylic acids is 2. The molecular formula is C43H74N2O14. The highest BCUT2D eigenvalue weighted by atomic mass is 16.7. The predicted molar refractivity (Wildman–Crippen MR) is 217 cm³/mol. The van der Waals surface area contributed by atoms with Gasteiger partial charge in [-0.15, -0.1) is 0 Å². The van der Waals surface area contributed by atoms with E-state index in [9.17, 15) is 30.0 Å². The summed E-state index contributed by atoms with van der Waals surface area (Å²) in [4.78, 5) is 28.7. The maximum Gasteiger partial charge on any atom is 0.308 e. The fraction of sp³-hybridized carbons (Fsp3) is 0.860. The average Bonchev–Trinajstić information content (AvgIpc) is 3.16. The van der Waals surface area contributed by atoms with E-state index in [1.807, 2.05) is 38.2 Å². The summed E-state index contributed by atoms with van der Waals surface area (Å²) in [6.45, 7) is 8.12. The molecule has 59 heavy (non-hydrogen) atoms. The van der Waals surface area contributed by atoms with Gasteiger partial charge in [-0.3, -0.25) is 4.79 Å². The molecule has 16 nitrogen and oxygen atoms in total. The van der Waals surface area contributed by atoms with Crippen molar-refractivity contribution in [2.24, 2.45) is 11.8 Å². The number of likely N-dealkylation sites (N-methyl/N-ethyl adjacent to an activating group) is 2. The Balaban J connectivity index is 1.66. The van der Waals surface area contributed by atoms with E-state index in [1.165, 1.54) is 18.9 Å². The van der Waals surface area contributed by atoms with E-state index in [0.717, 1.165) is 6.29 Å². The van der Waals surface area contributed by atoms with Gasteiger partial charge < -0.3 is 72.9 Å². The Morgan fingerprint density at radius 1 is 0.915 bits per heavy atom. The van der Waals surface area contributed by atoms with Crippen LogP contribution >= 0.6 is 0 Å². The number of cyclic esters (lactones) is 1. The molecule has 4 aliphatic rings. The second-order valence-electron chi connectivity index (χ2n) is 17.5. The number of aliphatic hydroxyl groups is 4. The number of aldehydes is 1. The van der Waals surface area contributed by atoms with Crippen LogP contribution in [0, 0.1) is 11.8 Å². The summed E-state index contributed by atoms with van der Waals surface area (Å²) < 4.78 is 73.4. The highest BCUT2D eigenvalue weighted by Gasteiger charge is 2.52. The number of ether oxygens (including phenoxy) is 8. The van der Waals surface area contributed by atoms with Crippen molar-refractivity contribution in [2.75, 3.05) is 35.2 Å². The summed E-state index contributed by atoms with van der Waals surface area (Å²) in [7, 11) is 6.44. The first-order valence-electron chi connectivity index (χ1n) is 22.6. The minimum atomic E-state index is -2.28. The average molecular weight is 846 g/mol. The normalized spacial score (nSPS) is 45.7. The number of hydrogen-bond donors (Lipinski definition) is 4. The van der Waals surface area contributed by atoms with E-state index in [4.69, 9.17) is 42.0 Å². The monoisotopic (exact) mass is 846 g/mol. The van der Waals surface area contributed by atoms with E-state index in [1.54, 1.807) is 46.8 Å². The molecule has 12 unspecified atom stereocenters. The number of carbonyl (C=O) groups is 2. The van der Waals surface area contributed by atoms with E-state index in [2.05, 4.69) is 0 Å². The number of rotatable bonds is 11. The van der Waals surface area contributed by atoms with Crippen LogP contribution in [0.3, 0.4) is 0 Å². The van der Waals surface area contributed by atoms with Gasteiger partial charge in [0.05, 0.1) is 54.7 Å². The number of methoxy groups -OCH3 is 1. The van der Waals surface area contributed by atoms with Crippen LogP contribution in [0.5, 0.6) is 0 Å². The van der Waals surface area contributed by atoms with Crippen molar-refractivity contribution in [3.63, 3.8) is 0 Å². The molecule has 0 aliphatic carbocycles. The predicted octanol–water partition coefficient (Wildman–Crippen LogP) is 2.33. The van der Waals surface area contributed by atoms with Gasteiger partial charge in [-0.25, -0.2) is 0 Å². The van der Waals surface area contributed by atoms with Crippen molar-refractivity contribution < 1.29 is 72.0 Å². The SMILES string of the molecule is [2H]C([2H])([2H])N(C)C1CCC(O[C@H]2C=CC=CC[C@@H](C)OC(=O)C[C@@H](O)[C@H](OC)[C@@H](OC3OC(C)C(OC4CC(C)(O)C(O)C(C)O4)C(N(C)C)C3O)[C@@H](CC=O)C[C@H]2C)OC1C. The first-order valence-corrected chi connectivity index (χ1v) is 21.1. The Labute approximate surface area is 355 Å². The minimum absolute atomic E-state index is 0.0370. The molecule has 4 N–H and O–H groups in total. The zero-order valence-electron chi connectivity index (χ0n) is 39.5. The Hall–Kier alpha value is -1.90. The summed E-state index contributed by atoms with van der Waals surface area (Å²) in [6, 6.07) is -1.10. The summed E-state index contributed by atoms with van der Waals surface area (Å²) >= 11 is 0. The lowest BCUT2D eigenvalue weighted by molar-refractivity contribution is -0.344. The molecular weight excluding hydrogens is 768 g/mol. The summed E-state index contributed by atoms with van der Waals surface area (Å²) in [5.41, 5.74) is -1.49. The van der Waals surface area contributed by atoms with E-state index < -0.39 is 123 Å². The number of nitrogens with zero attached hydrogens (tertiary/aromatic N) is 2. The second kappa shape index (κ2) is 22.5. The van der Waals surface area contributed by atoms with Crippen molar-refractivity contribution in [3.05, 3.63) is 24.3 Å². The molecule has 3 fully saturated rings. The number of allylic oxidation sites excluding steroid dienone is 2. The Bertz CT molecular complexity index is 1470. The zero-order chi connectivity index (χ0) is 46.3. The molecule has 16 heteroatoms. The fourth-order valence-electron chi connectivity index (χ4n) is 8.93. The lowest BCUT2D eigenvalue weighted by Crippen LogP contribution is -2.65. The van der Waals surface area contributed by atoms with E-state index in [0.29, 0.717) is 19.3 Å². The Morgan fingerprint density at radius 3 is 2.25 bits per heavy atom. The van der Waals surface area contributed by atoms with Crippen LogP contribution in [0.2, 0.25) is 0 Å². The number of aliphatic hydroxyl groups excluding tert-OH is 3. The van der Waals surface area contributed by atoms with Gasteiger partial charge in [-0.05, 0) is 93.8 Å². The molecule has 0 saturated carbocycles. The molecule has 4 heterocycles. The van der Waals surface area contributed by atoms with Crippen LogP contribution in [-0.2, 0) is 47.5 Å². The highest BCUT2D eigenvalue weighted by Crippen LogP contribution is 2.37. The molecule has 0 bridgehead atoms. The Morgan fingerprint density at radius 2 is 1.63 bits per heavy atom. The van der Waals surface area contributed by atoms with Gasteiger partial charge in [0.25, 0.3) is 0 Å². The summed E-state index contributed by atoms with van der Waals surface area (Å²) in [6.07, 6.45) is -3.88. The molecule has 0 amide bonds. The van der Waals surface area contributed by atoms with Crippen molar-refractivity contribution in [3.8, 4) is 0 Å². The van der Waals surface area contributed by atoms with Gasteiger partial charge in [-0.1, -0.05) is 31.2 Å². The third-order valence-electron chi connectivity index (χ3n) is 12.2. The topological polar surface area (TPSA) is 195 Å². The van der Waals surface area contributed by atoms with Crippen molar-refractivity contribution in [1.29, 1.82) is 0 Å². The molecule has 0 spiro atoms. The zero-order valence-corrected chi connectivity index (χ0v) is 36.5. The van der Waals surface area contributed by atoms with Crippen molar-refractivity contribution in [1.82, 2.24) is 9.80 Å². The van der Waals surface area contributed by atoms with Crippen LogP contribution in [-0.4, -0.2) is 181 Å². The lowest BCUT2D eigenvalue weighted by atomic mass is 9.82. The van der Waals surface area contributed by atoms with Crippen LogP contribution < -0.4 is 0 Å². The van der Waals surface area contributed by atoms with Gasteiger partial charge in [-0.2, -0.15) is 0 Å². The number of esters is 1. The summed E-state index contributed by atoms with van der Waals surface area (Å²) in [5, 5.41) is 45.1. The molecule has 340 valence electrons. The van der Waals surface area contributed by atoms with Crippen LogP contribution in [0.15, 0.2) is 24.3 Å². The molecule has 0 radical (unpaired) electrons. The van der Waals surface area contributed by atoms with E-state index >= 15 is 0 Å². The van der Waals surface area contributed by atoms with Crippen molar-refractivity contribution in [2.45, 2.75) is 190 Å². The molecule has 3 saturated heterocycles. The van der Waals surface area contributed by atoms with Gasteiger partial charge in [0, 0.05) is 36.5 Å². The molecule has 4 aliphatic heterocycles. The van der Waals surface area contributed by atoms with E-state index in [-0.39, 0.29) is 31.2 Å². The highest BCUT2D eigenvalue weighted by molar-refractivity contribution is 5.70. The van der Waals surface area contributed by atoms with Gasteiger partial charge in [0.2, 0.25) is 0 Å². The molecule has 0 aromatic heterocycles. The maximum atomic E-state index is 13.1. The maximum absolute atomic E-state index is 13.1. The van der Waals surface area contributed by atoms with Gasteiger partial charge in [0.1, 0.15) is 36.8 Å². The van der Waals surface area contributed by atoms with Crippen molar-refractivity contribution >= 4 is 12.3 Å². The van der Waals surface area contributed by atoms with Crippen LogP contribution in [0.1, 0.15) is 90.6 Å². The fourth-order valence-corrected chi connectivity index (χ4v) is 8.93. The smallest absolute Gasteiger partial charge is 0.308 e. The quantitative estimate of drug-likeness (QED) is 0.175. The first-order chi connectivity index (χ1) is 29.0. The second-order valence-corrected chi connectivity index (χ2v) is 17.5. The van der Waals surface area contributed by atoms with Gasteiger partial charge >= 0.3 is 5.97 Å². The molecule has 4 rings (SSSR count). The first kappa shape index (κ1) is 45.1. The Kier molecular flexibility index (Phi) is 17.2. The van der Waals surface area contributed by atoms with Crippen LogP contribution in [0.4, 0.5) is 0 Å². The molecule has 0 aromatic carbocycles. The molecule has 19 atom stereocenters. The third kappa shape index (κ3) is 13.3.